The molecule has 1 aromatic rings. The van der Waals surface area contributed by atoms with Crippen molar-refractivity contribution in [2.24, 2.45) is 0 Å². The quantitative estimate of drug-likeness (QED) is 0.878. The minimum absolute atomic E-state index is 0.00253. The largest absolute Gasteiger partial charge is 0.381 e. The Morgan fingerprint density at radius 1 is 1.39 bits per heavy atom. The van der Waals surface area contributed by atoms with Gasteiger partial charge in [-0.3, -0.25) is 4.79 Å². The minimum Gasteiger partial charge on any atom is -0.381 e. The van der Waals surface area contributed by atoms with Gasteiger partial charge in [-0.15, -0.1) is 0 Å². The van der Waals surface area contributed by atoms with Crippen LogP contribution in [0.25, 0.3) is 0 Å². The van der Waals surface area contributed by atoms with E-state index in [2.05, 4.69) is 10.6 Å². The summed E-state index contributed by atoms with van der Waals surface area (Å²) in [5.41, 5.74) is 1.83. The molecule has 4 heteroatoms. The molecule has 0 bridgehead atoms. The first kappa shape index (κ1) is 13.3. The summed E-state index contributed by atoms with van der Waals surface area (Å²) in [7, 11) is 0. The van der Waals surface area contributed by atoms with Crippen LogP contribution in [0.1, 0.15) is 30.1 Å². The van der Waals surface area contributed by atoms with Crippen molar-refractivity contribution in [3.05, 3.63) is 29.8 Å². The second-order valence-electron chi connectivity index (χ2n) is 4.50. The fourth-order valence-electron chi connectivity index (χ4n) is 2.07. The van der Waals surface area contributed by atoms with E-state index in [9.17, 15) is 4.79 Å². The summed E-state index contributed by atoms with van der Waals surface area (Å²) in [5.74, 6) is 2.46. The number of anilines is 1. The van der Waals surface area contributed by atoms with Crippen molar-refractivity contribution < 1.29 is 4.79 Å². The highest BCUT2D eigenvalue weighted by Crippen LogP contribution is 2.21. The Bertz CT molecular complexity index is 385. The summed E-state index contributed by atoms with van der Waals surface area (Å²) in [6.45, 7) is 2.59. The van der Waals surface area contributed by atoms with Gasteiger partial charge in [0.2, 0.25) is 0 Å². The molecule has 1 aliphatic heterocycles. The van der Waals surface area contributed by atoms with E-state index < -0.39 is 0 Å². The molecule has 1 atom stereocenters. The van der Waals surface area contributed by atoms with E-state index in [1.807, 2.05) is 43.0 Å². The molecule has 1 amide bonds. The van der Waals surface area contributed by atoms with Gasteiger partial charge in [0.15, 0.2) is 0 Å². The van der Waals surface area contributed by atoms with E-state index in [1.54, 1.807) is 0 Å². The SMILES string of the molecule is CCNC(=O)c1ccc(NC2CCCSC2)cc1. The maximum Gasteiger partial charge on any atom is 0.251 e. The molecule has 0 aromatic heterocycles. The number of amides is 1. The zero-order chi connectivity index (χ0) is 12.8. The number of carbonyl (C=O) groups is 1. The molecule has 18 heavy (non-hydrogen) atoms. The van der Waals surface area contributed by atoms with E-state index in [1.165, 1.54) is 24.3 Å². The van der Waals surface area contributed by atoms with Gasteiger partial charge < -0.3 is 10.6 Å². The number of hydrogen-bond acceptors (Lipinski definition) is 3. The number of benzene rings is 1. The van der Waals surface area contributed by atoms with E-state index >= 15 is 0 Å². The van der Waals surface area contributed by atoms with E-state index in [0.717, 1.165) is 11.3 Å². The lowest BCUT2D eigenvalue weighted by molar-refractivity contribution is 0.0956. The Morgan fingerprint density at radius 2 is 2.17 bits per heavy atom. The fourth-order valence-corrected chi connectivity index (χ4v) is 3.14. The Hall–Kier alpha value is -1.16. The number of carbonyl (C=O) groups excluding carboxylic acids is 1. The van der Waals surface area contributed by atoms with Gasteiger partial charge >= 0.3 is 0 Å². The topological polar surface area (TPSA) is 41.1 Å². The molecule has 98 valence electrons. The van der Waals surface area contributed by atoms with E-state index in [-0.39, 0.29) is 5.91 Å². The van der Waals surface area contributed by atoms with Crippen LogP contribution in [-0.4, -0.2) is 30.0 Å². The van der Waals surface area contributed by atoms with Crippen LogP contribution >= 0.6 is 11.8 Å². The van der Waals surface area contributed by atoms with Crippen LogP contribution < -0.4 is 10.6 Å². The van der Waals surface area contributed by atoms with Crippen LogP contribution in [0.3, 0.4) is 0 Å². The van der Waals surface area contributed by atoms with Crippen molar-refractivity contribution >= 4 is 23.4 Å². The van der Waals surface area contributed by atoms with Gasteiger partial charge in [-0.05, 0) is 49.8 Å². The fraction of sp³-hybridized carbons (Fsp3) is 0.500. The van der Waals surface area contributed by atoms with Gasteiger partial charge in [-0.1, -0.05) is 0 Å². The third kappa shape index (κ3) is 3.67. The Kier molecular flexibility index (Phi) is 4.93. The standard InChI is InChI=1S/C14H20N2OS/c1-2-15-14(17)11-5-7-12(8-6-11)16-13-4-3-9-18-10-13/h5-8,13,16H,2-4,9-10H2,1H3,(H,15,17). The molecule has 2 N–H and O–H groups in total. The average Bonchev–Trinajstić information content (AvgIpc) is 2.41. The molecule has 0 saturated carbocycles. The molecule has 1 fully saturated rings. The lowest BCUT2D eigenvalue weighted by Gasteiger charge is -2.23. The minimum atomic E-state index is -0.00253. The van der Waals surface area contributed by atoms with Crippen molar-refractivity contribution in [3.63, 3.8) is 0 Å². The zero-order valence-corrected chi connectivity index (χ0v) is 11.6. The predicted molar refractivity (Wildman–Crippen MR) is 78.4 cm³/mol. The lowest BCUT2D eigenvalue weighted by Crippen LogP contribution is -2.26. The predicted octanol–water partition coefficient (Wildman–Crippen LogP) is 2.74. The zero-order valence-electron chi connectivity index (χ0n) is 10.7. The van der Waals surface area contributed by atoms with Gasteiger partial charge in [0.25, 0.3) is 5.91 Å². The smallest absolute Gasteiger partial charge is 0.251 e. The summed E-state index contributed by atoms with van der Waals surface area (Å²) in [5, 5.41) is 6.33. The summed E-state index contributed by atoms with van der Waals surface area (Å²) in [6, 6.07) is 8.30. The van der Waals surface area contributed by atoms with Gasteiger partial charge in [0.05, 0.1) is 0 Å². The molecular formula is C14H20N2OS. The van der Waals surface area contributed by atoms with Crippen molar-refractivity contribution in [1.82, 2.24) is 5.32 Å². The number of rotatable bonds is 4. The Morgan fingerprint density at radius 3 is 2.78 bits per heavy atom. The summed E-state index contributed by atoms with van der Waals surface area (Å²) >= 11 is 2.01. The molecule has 1 unspecified atom stereocenters. The third-order valence-electron chi connectivity index (χ3n) is 3.02. The van der Waals surface area contributed by atoms with Gasteiger partial charge in [-0.25, -0.2) is 0 Å². The Balaban J connectivity index is 1.92. The lowest BCUT2D eigenvalue weighted by atomic mass is 10.1. The highest BCUT2D eigenvalue weighted by Gasteiger charge is 2.13. The molecule has 0 aliphatic carbocycles. The summed E-state index contributed by atoms with van der Waals surface area (Å²) in [4.78, 5) is 11.6. The first-order valence-electron chi connectivity index (χ1n) is 6.52. The van der Waals surface area contributed by atoms with Crippen LogP contribution in [0.5, 0.6) is 0 Å². The second kappa shape index (κ2) is 6.69. The van der Waals surface area contributed by atoms with Crippen LogP contribution in [0.15, 0.2) is 24.3 Å². The molecule has 1 saturated heterocycles. The molecule has 1 heterocycles. The van der Waals surface area contributed by atoms with Crippen LogP contribution in [-0.2, 0) is 0 Å². The van der Waals surface area contributed by atoms with Crippen LogP contribution in [0, 0.1) is 0 Å². The maximum absolute atomic E-state index is 11.6. The van der Waals surface area contributed by atoms with Crippen LogP contribution in [0.2, 0.25) is 0 Å². The first-order valence-corrected chi connectivity index (χ1v) is 7.67. The normalized spacial score (nSPS) is 19.3. The molecular weight excluding hydrogens is 244 g/mol. The molecule has 2 rings (SSSR count). The number of nitrogens with one attached hydrogen (secondary N) is 2. The maximum atomic E-state index is 11.6. The highest BCUT2D eigenvalue weighted by atomic mass is 32.2. The van der Waals surface area contributed by atoms with Crippen molar-refractivity contribution in [1.29, 1.82) is 0 Å². The van der Waals surface area contributed by atoms with Crippen molar-refractivity contribution in [2.45, 2.75) is 25.8 Å². The first-order chi connectivity index (χ1) is 8.79. The van der Waals surface area contributed by atoms with E-state index in [0.29, 0.717) is 12.6 Å². The second-order valence-corrected chi connectivity index (χ2v) is 5.65. The van der Waals surface area contributed by atoms with Gasteiger partial charge in [0.1, 0.15) is 0 Å². The van der Waals surface area contributed by atoms with Crippen molar-refractivity contribution in [2.75, 3.05) is 23.4 Å². The molecule has 1 aliphatic rings. The molecule has 1 aromatic carbocycles. The van der Waals surface area contributed by atoms with Gasteiger partial charge in [-0.2, -0.15) is 11.8 Å². The monoisotopic (exact) mass is 264 g/mol. The van der Waals surface area contributed by atoms with E-state index in [4.69, 9.17) is 0 Å². The molecule has 3 nitrogen and oxygen atoms in total. The highest BCUT2D eigenvalue weighted by molar-refractivity contribution is 7.99. The molecule has 0 radical (unpaired) electrons. The average molecular weight is 264 g/mol. The van der Waals surface area contributed by atoms with Gasteiger partial charge in [0, 0.05) is 29.6 Å². The summed E-state index contributed by atoms with van der Waals surface area (Å²) in [6.07, 6.45) is 2.53. The van der Waals surface area contributed by atoms with Crippen LogP contribution in [0.4, 0.5) is 5.69 Å². The Labute approximate surface area is 113 Å². The third-order valence-corrected chi connectivity index (χ3v) is 4.23. The number of thioether (sulfide) groups is 1. The molecule has 0 spiro atoms. The number of hydrogen-bond donors (Lipinski definition) is 2. The van der Waals surface area contributed by atoms with Crippen molar-refractivity contribution in [3.8, 4) is 0 Å². The summed E-state index contributed by atoms with van der Waals surface area (Å²) < 4.78 is 0.